The molecule has 0 aliphatic carbocycles. The van der Waals surface area contributed by atoms with Crippen LogP contribution in [0.15, 0.2) is 107 Å². The fraction of sp³-hybridized carbons (Fsp3) is 0.429. The van der Waals surface area contributed by atoms with Gasteiger partial charge in [-0.1, -0.05) is 50.6 Å². The lowest BCUT2D eigenvalue weighted by Gasteiger charge is -2.36. The zero-order valence-corrected chi connectivity index (χ0v) is 45.7. The summed E-state index contributed by atoms with van der Waals surface area (Å²) in [4.78, 5) is 39.8. The molecule has 3 aromatic rings. The quantitative estimate of drug-likeness (QED) is 0.0181. The van der Waals surface area contributed by atoms with E-state index in [2.05, 4.69) is 20.1 Å². The van der Waals surface area contributed by atoms with E-state index in [1.807, 2.05) is 91.0 Å². The number of quaternary nitrogens is 1. The first-order chi connectivity index (χ1) is 35.1. The first-order valence-electron chi connectivity index (χ1n) is 25.4. The molecule has 4 heterocycles. The van der Waals surface area contributed by atoms with E-state index in [9.17, 15) is 50.6 Å². The molecule has 0 fully saturated rings. The van der Waals surface area contributed by atoms with Gasteiger partial charge in [-0.05, 0) is 126 Å². The highest BCUT2D eigenvalue weighted by molar-refractivity contribution is 7.86. The van der Waals surface area contributed by atoms with E-state index >= 15 is 0 Å². The van der Waals surface area contributed by atoms with Gasteiger partial charge < -0.3 is 30.6 Å². The van der Waals surface area contributed by atoms with Crippen molar-refractivity contribution in [2.75, 3.05) is 44.2 Å². The van der Waals surface area contributed by atoms with Crippen LogP contribution in [0.4, 0.5) is 11.4 Å². The minimum atomic E-state index is -4.48. The number of carbonyl (C=O) groups is 3. The number of nitrogens with zero attached hydrogens (tertiary/aromatic N) is 3. The molecule has 3 aromatic carbocycles. The number of aromatic hydroxyl groups is 1. The number of phenolic OH excluding ortho intramolecular Hbond substituents is 1. The Bertz CT molecular complexity index is 3220. The molecule has 17 nitrogen and oxygen atoms in total. The van der Waals surface area contributed by atoms with Gasteiger partial charge in [0.15, 0.2) is 17.9 Å². The summed E-state index contributed by atoms with van der Waals surface area (Å²) >= 11 is 0. The number of carbonyl (C=O) groups excluding carboxylic acids is 3. The van der Waals surface area contributed by atoms with Crippen LogP contribution in [-0.2, 0) is 51.9 Å². The van der Waals surface area contributed by atoms with Crippen LogP contribution in [0, 0.1) is 26.0 Å². The van der Waals surface area contributed by atoms with Crippen LogP contribution < -0.4 is 20.3 Å². The number of amides is 3. The van der Waals surface area contributed by atoms with Crippen LogP contribution >= 0.6 is 0 Å². The Morgan fingerprint density at radius 3 is 2.17 bits per heavy atom. The van der Waals surface area contributed by atoms with E-state index in [4.69, 9.17) is 4.74 Å². The summed E-state index contributed by atoms with van der Waals surface area (Å²) < 4.78 is 76.2. The second-order valence-corrected chi connectivity index (χ2v) is 23.9. The minimum absolute atomic E-state index is 0.0267. The van der Waals surface area contributed by atoms with Crippen LogP contribution in [0.25, 0.3) is 0 Å². The number of hydroxylamine groups is 3. The molecule has 75 heavy (non-hydrogen) atoms. The van der Waals surface area contributed by atoms with E-state index in [-0.39, 0.29) is 53.4 Å². The van der Waals surface area contributed by atoms with E-state index in [0.717, 1.165) is 50.6 Å². The molecular weight excluding hydrogens is 999 g/mol. The first kappa shape index (κ1) is 56.5. The number of nitrogens with one attached hydrogen (secondary N) is 2. The summed E-state index contributed by atoms with van der Waals surface area (Å²) in [6, 6.07) is 9.14. The van der Waals surface area contributed by atoms with Crippen LogP contribution in [0.2, 0.25) is 0 Å². The summed E-state index contributed by atoms with van der Waals surface area (Å²) in [5.74, 6) is -0.0684. The highest BCUT2D eigenvalue weighted by Gasteiger charge is 2.46. The molecular formula is C56H70N5O12S2+. The maximum absolute atomic E-state index is 13.7. The lowest BCUT2D eigenvalue weighted by Crippen LogP contribution is -2.51. The van der Waals surface area contributed by atoms with Crippen molar-refractivity contribution >= 4 is 55.0 Å². The Labute approximate surface area is 440 Å². The van der Waals surface area contributed by atoms with Crippen molar-refractivity contribution in [2.45, 2.75) is 127 Å². The largest absolute Gasteiger partial charge is 0.625 e. The second kappa shape index (κ2) is 21.8. The van der Waals surface area contributed by atoms with Gasteiger partial charge in [-0.2, -0.15) is 21.4 Å². The van der Waals surface area contributed by atoms with Crippen molar-refractivity contribution in [1.82, 2.24) is 10.6 Å². The summed E-state index contributed by atoms with van der Waals surface area (Å²) in [6.45, 7) is 16.8. The number of hydrogen-bond donors (Lipinski definition) is 5. The Kier molecular flexibility index (Phi) is 16.4. The van der Waals surface area contributed by atoms with Crippen LogP contribution in [0.1, 0.15) is 107 Å². The molecule has 4 aliphatic rings. The normalized spacial score (nSPS) is 21.4. The number of anilines is 1. The van der Waals surface area contributed by atoms with Gasteiger partial charge in [-0.3, -0.25) is 23.3 Å². The number of allylic oxidation sites excluding steroid dienone is 8. The average molecular weight is 1070 g/mol. The molecule has 7 rings (SSSR count). The molecule has 19 heteroatoms. The molecule has 0 aromatic heterocycles. The summed E-state index contributed by atoms with van der Waals surface area (Å²) in [6.07, 6.45) is 19.9. The monoisotopic (exact) mass is 1070 g/mol. The fourth-order valence-electron chi connectivity index (χ4n) is 10.6. The number of hydrogen-bond acceptors (Lipinski definition) is 11. The predicted molar refractivity (Wildman–Crippen MR) is 287 cm³/mol. The van der Waals surface area contributed by atoms with Crippen molar-refractivity contribution in [3.05, 3.63) is 135 Å². The van der Waals surface area contributed by atoms with E-state index in [0.29, 0.717) is 69.5 Å². The molecule has 2 atom stereocenters. The number of fused-ring (bicyclic) bond motifs is 3. The van der Waals surface area contributed by atoms with Gasteiger partial charge in [-0.25, -0.2) is 4.79 Å². The average Bonchev–Trinajstić information content (AvgIpc) is 3.87. The Hall–Kier alpha value is -6.22. The number of rotatable bonds is 20. The minimum Gasteiger partial charge on any atom is -0.625 e. The smallest absolute Gasteiger partial charge is 0.338 e. The molecule has 4 aliphatic heterocycles. The molecule has 0 saturated carbocycles. The third kappa shape index (κ3) is 11.8. The van der Waals surface area contributed by atoms with Crippen molar-refractivity contribution in [3.63, 3.8) is 0 Å². The zero-order chi connectivity index (χ0) is 54.9. The number of phenols is 1. The van der Waals surface area contributed by atoms with Gasteiger partial charge in [0.1, 0.15) is 24.6 Å². The molecule has 2 unspecified atom stereocenters. The molecule has 0 spiro atoms. The molecule has 402 valence electrons. The Balaban J connectivity index is 1.03. The van der Waals surface area contributed by atoms with E-state index < -0.39 is 47.2 Å². The second-order valence-electron chi connectivity index (χ2n) is 21.1. The topological polar surface area (TPSA) is 243 Å². The van der Waals surface area contributed by atoms with Crippen LogP contribution in [0.3, 0.4) is 0 Å². The number of unbranched alkanes of at least 4 members (excludes halogenated alkanes) is 2. The number of benzene rings is 3. The van der Waals surface area contributed by atoms with Crippen molar-refractivity contribution in [1.29, 1.82) is 0 Å². The van der Waals surface area contributed by atoms with Gasteiger partial charge in [0.25, 0.3) is 26.1 Å². The lowest BCUT2D eigenvalue weighted by molar-refractivity contribution is -0.790. The summed E-state index contributed by atoms with van der Waals surface area (Å²) in [7, 11) is -8.95. The third-order valence-corrected chi connectivity index (χ3v) is 17.0. The number of ether oxygens (including phenoxy) is 1. The van der Waals surface area contributed by atoms with Crippen LogP contribution in [-0.4, -0.2) is 109 Å². The SMILES string of the molecule is Cc1c(C)c2c(c(C)c1O)CCC(C)(C(=O)NCCC[N+]1=C(/C=C/C=C/C=C/C=C3/N(CCCCCC(=O)NCC[N+]4([O-])CC=CC4=O)c4ccc(S(=O)(=O)O)cc4C3(C)C)C(C)(C)c3cc(S(=O)(=O)O)ccc31)O2. The lowest BCUT2D eigenvalue weighted by atomic mass is 9.81. The van der Waals surface area contributed by atoms with Gasteiger partial charge in [0.05, 0.1) is 21.8 Å². The predicted octanol–water partition coefficient (Wildman–Crippen LogP) is 7.92. The summed E-state index contributed by atoms with van der Waals surface area (Å²) in [5.41, 5.74) is 5.53. The van der Waals surface area contributed by atoms with Crippen molar-refractivity contribution in [3.8, 4) is 11.5 Å². The molecule has 5 N–H and O–H groups in total. The first-order valence-corrected chi connectivity index (χ1v) is 28.2. The van der Waals surface area contributed by atoms with Crippen molar-refractivity contribution in [2.24, 2.45) is 0 Å². The van der Waals surface area contributed by atoms with Crippen LogP contribution in [0.5, 0.6) is 11.5 Å². The van der Waals surface area contributed by atoms with E-state index in [1.165, 1.54) is 30.3 Å². The van der Waals surface area contributed by atoms with E-state index in [1.54, 1.807) is 25.1 Å². The fourth-order valence-corrected chi connectivity index (χ4v) is 11.6. The van der Waals surface area contributed by atoms with Gasteiger partial charge in [0.2, 0.25) is 11.6 Å². The zero-order valence-electron chi connectivity index (χ0n) is 44.0. The van der Waals surface area contributed by atoms with Gasteiger partial charge in [-0.15, -0.1) is 0 Å². The molecule has 0 saturated heterocycles. The maximum Gasteiger partial charge on any atom is 0.338 e. The van der Waals surface area contributed by atoms with Gasteiger partial charge in [0, 0.05) is 78.5 Å². The molecule has 0 radical (unpaired) electrons. The Morgan fingerprint density at radius 1 is 0.827 bits per heavy atom. The summed E-state index contributed by atoms with van der Waals surface area (Å²) in [5, 5.41) is 29.0. The maximum atomic E-state index is 13.7. The third-order valence-electron chi connectivity index (χ3n) is 15.3. The standard InChI is InChI=1S/C56H69N5O12S2/c1-37-38(2)52-42(39(3)51(37)64)27-28-56(8,73-52)53(65)58-29-18-32-60-46-26-24-41(75(70,71)72)36-44(46)55(6,7)48(60)20-14-11-9-10-13-19-47-54(4,5)43-35-40(74(67,68)69)23-25-45(43)59(47)31-16-12-15-21-49(62)57-30-34-61(66)33-17-22-50(61)63/h9-11,13-14,17,19-20,22-26,35-36H,12,15-16,18,21,27-34H2,1-8H3,(H4-,57,58,62,64,65,67,68,69,70,71,72)/p+1. The van der Waals surface area contributed by atoms with Crippen molar-refractivity contribution < 1.29 is 59.4 Å². The highest BCUT2D eigenvalue weighted by Crippen LogP contribution is 2.49. The Morgan fingerprint density at radius 2 is 1.49 bits per heavy atom. The molecule has 0 bridgehead atoms. The van der Waals surface area contributed by atoms with Gasteiger partial charge >= 0.3 is 5.91 Å². The molecule has 3 amide bonds. The highest BCUT2D eigenvalue weighted by atomic mass is 32.2.